The standard InChI is InChI=1S/C21H19ClN4O2S/c22-16-6-4-15(5-7-16)20-24-17(13-29-20)21(28)26-11-8-14(9-12-26)19(27)25-18-3-1-2-10-23-18/h1-7,10,13-14H,8-9,11-12H2,(H,23,25,27). The van der Waals surface area contributed by atoms with Crippen LogP contribution in [0, 0.1) is 5.92 Å². The van der Waals surface area contributed by atoms with Gasteiger partial charge in [-0.25, -0.2) is 9.97 Å². The van der Waals surface area contributed by atoms with E-state index in [-0.39, 0.29) is 17.7 Å². The normalized spacial score (nSPS) is 14.6. The SMILES string of the molecule is O=C(Nc1ccccn1)C1CCN(C(=O)c2csc(-c3ccc(Cl)cc3)n2)CC1. The van der Waals surface area contributed by atoms with Crippen LogP contribution in [0.1, 0.15) is 23.3 Å². The minimum absolute atomic E-state index is 0.0468. The molecular weight excluding hydrogens is 408 g/mol. The molecule has 0 unspecified atom stereocenters. The highest BCUT2D eigenvalue weighted by atomic mass is 35.5. The molecule has 2 amide bonds. The number of carbonyl (C=O) groups is 2. The summed E-state index contributed by atoms with van der Waals surface area (Å²) in [5, 5.41) is 6.07. The number of rotatable bonds is 4. The first-order valence-corrected chi connectivity index (χ1v) is 10.6. The number of hydrogen-bond acceptors (Lipinski definition) is 5. The minimum atomic E-state index is -0.124. The predicted molar refractivity (Wildman–Crippen MR) is 114 cm³/mol. The van der Waals surface area contributed by atoms with Crippen LogP contribution in [0.5, 0.6) is 0 Å². The number of thiazole rings is 1. The Morgan fingerprint density at radius 3 is 2.55 bits per heavy atom. The largest absolute Gasteiger partial charge is 0.337 e. The van der Waals surface area contributed by atoms with Gasteiger partial charge in [-0.05, 0) is 37.1 Å². The van der Waals surface area contributed by atoms with Crippen molar-refractivity contribution in [3.05, 3.63) is 64.8 Å². The van der Waals surface area contributed by atoms with Crippen LogP contribution < -0.4 is 5.32 Å². The van der Waals surface area contributed by atoms with Gasteiger partial charge in [0.05, 0.1) is 0 Å². The van der Waals surface area contributed by atoms with Crippen molar-refractivity contribution in [2.75, 3.05) is 18.4 Å². The van der Waals surface area contributed by atoms with Crippen molar-refractivity contribution in [2.45, 2.75) is 12.8 Å². The van der Waals surface area contributed by atoms with E-state index in [2.05, 4.69) is 15.3 Å². The number of benzene rings is 1. The molecule has 4 rings (SSSR count). The Morgan fingerprint density at radius 2 is 1.86 bits per heavy atom. The van der Waals surface area contributed by atoms with E-state index in [0.29, 0.717) is 42.5 Å². The lowest BCUT2D eigenvalue weighted by molar-refractivity contribution is -0.121. The fourth-order valence-corrected chi connectivity index (χ4v) is 4.19. The number of amides is 2. The molecule has 1 fully saturated rings. The third-order valence-electron chi connectivity index (χ3n) is 4.88. The number of nitrogens with zero attached hydrogens (tertiary/aromatic N) is 3. The van der Waals surface area contributed by atoms with Crippen molar-refractivity contribution < 1.29 is 9.59 Å². The van der Waals surface area contributed by atoms with E-state index in [9.17, 15) is 9.59 Å². The summed E-state index contributed by atoms with van der Waals surface area (Å²) in [6.45, 7) is 1.07. The van der Waals surface area contributed by atoms with Crippen molar-refractivity contribution in [1.29, 1.82) is 0 Å². The van der Waals surface area contributed by atoms with Gasteiger partial charge in [0, 0.05) is 41.2 Å². The lowest BCUT2D eigenvalue weighted by Crippen LogP contribution is -2.41. The van der Waals surface area contributed by atoms with E-state index < -0.39 is 0 Å². The molecule has 0 radical (unpaired) electrons. The molecule has 148 valence electrons. The lowest BCUT2D eigenvalue weighted by atomic mass is 9.95. The summed E-state index contributed by atoms with van der Waals surface area (Å²) in [7, 11) is 0. The molecule has 1 saturated heterocycles. The number of pyridine rings is 1. The average molecular weight is 427 g/mol. The van der Waals surface area contributed by atoms with Gasteiger partial charge >= 0.3 is 0 Å². The number of nitrogens with one attached hydrogen (secondary N) is 1. The van der Waals surface area contributed by atoms with Gasteiger partial charge < -0.3 is 10.2 Å². The average Bonchev–Trinajstić information content (AvgIpc) is 3.25. The Bertz CT molecular complexity index is 999. The third-order valence-corrected chi connectivity index (χ3v) is 6.03. The molecule has 1 N–H and O–H groups in total. The molecule has 6 nitrogen and oxygen atoms in total. The molecule has 0 atom stereocenters. The molecule has 1 aliphatic rings. The van der Waals surface area contributed by atoms with Gasteiger partial charge in [-0.3, -0.25) is 9.59 Å². The summed E-state index contributed by atoms with van der Waals surface area (Å²) in [6, 6.07) is 12.8. The second-order valence-corrected chi connectivity index (χ2v) is 8.11. The van der Waals surface area contributed by atoms with Crippen LogP contribution in [0.3, 0.4) is 0 Å². The number of hydrogen-bond donors (Lipinski definition) is 1. The molecule has 8 heteroatoms. The van der Waals surface area contributed by atoms with Gasteiger partial charge in [0.25, 0.3) is 5.91 Å². The van der Waals surface area contributed by atoms with E-state index in [1.807, 2.05) is 18.2 Å². The van der Waals surface area contributed by atoms with Crippen molar-refractivity contribution in [3.63, 3.8) is 0 Å². The first-order valence-electron chi connectivity index (χ1n) is 9.33. The maximum atomic E-state index is 12.8. The second kappa shape index (κ2) is 8.71. The Kier molecular flexibility index (Phi) is 5.87. The molecule has 0 spiro atoms. The number of aromatic nitrogens is 2. The molecule has 29 heavy (non-hydrogen) atoms. The van der Waals surface area contributed by atoms with E-state index >= 15 is 0 Å². The molecule has 1 aliphatic heterocycles. The number of anilines is 1. The van der Waals surface area contributed by atoms with Gasteiger partial charge in [0.2, 0.25) is 5.91 Å². The van der Waals surface area contributed by atoms with Crippen molar-refractivity contribution in [3.8, 4) is 10.6 Å². The zero-order valence-electron chi connectivity index (χ0n) is 15.5. The fourth-order valence-electron chi connectivity index (χ4n) is 3.27. The second-order valence-electron chi connectivity index (χ2n) is 6.82. The Labute approximate surface area is 177 Å². The topological polar surface area (TPSA) is 75.2 Å². The molecule has 2 aromatic heterocycles. The molecule has 0 saturated carbocycles. The van der Waals surface area contributed by atoms with Gasteiger partial charge in [-0.2, -0.15) is 0 Å². The van der Waals surface area contributed by atoms with E-state index in [0.717, 1.165) is 10.6 Å². The van der Waals surface area contributed by atoms with E-state index in [1.165, 1.54) is 11.3 Å². The van der Waals surface area contributed by atoms with Crippen LogP contribution in [-0.4, -0.2) is 39.8 Å². The molecule has 1 aromatic carbocycles. The molecule has 0 aliphatic carbocycles. The number of carbonyl (C=O) groups excluding carboxylic acids is 2. The summed E-state index contributed by atoms with van der Waals surface area (Å²) in [4.78, 5) is 35.6. The van der Waals surface area contributed by atoms with Crippen LogP contribution in [0.4, 0.5) is 5.82 Å². The number of piperidine rings is 1. The van der Waals surface area contributed by atoms with E-state index in [4.69, 9.17) is 11.6 Å². The maximum absolute atomic E-state index is 12.8. The first kappa shape index (κ1) is 19.5. The van der Waals surface area contributed by atoms with Gasteiger partial charge in [0.1, 0.15) is 16.5 Å². The highest BCUT2D eigenvalue weighted by Crippen LogP contribution is 2.27. The third kappa shape index (κ3) is 4.63. The number of likely N-dealkylation sites (tertiary alicyclic amines) is 1. The zero-order valence-corrected chi connectivity index (χ0v) is 17.1. The number of halogens is 1. The first-order chi connectivity index (χ1) is 14.1. The van der Waals surface area contributed by atoms with Crippen LogP contribution in [0.2, 0.25) is 5.02 Å². The summed E-state index contributed by atoms with van der Waals surface area (Å²) >= 11 is 7.36. The molecule has 0 bridgehead atoms. The van der Waals surface area contributed by atoms with Crippen molar-refractivity contribution >= 4 is 40.6 Å². The molecular formula is C21H19ClN4O2S. The summed E-state index contributed by atoms with van der Waals surface area (Å²) in [5.41, 5.74) is 1.37. The quantitative estimate of drug-likeness (QED) is 0.673. The predicted octanol–water partition coefficient (Wildman–Crippen LogP) is 4.35. The smallest absolute Gasteiger partial charge is 0.273 e. The van der Waals surface area contributed by atoms with Crippen molar-refractivity contribution in [1.82, 2.24) is 14.9 Å². The maximum Gasteiger partial charge on any atom is 0.273 e. The van der Waals surface area contributed by atoms with Crippen LogP contribution in [0.15, 0.2) is 54.0 Å². The van der Waals surface area contributed by atoms with Crippen LogP contribution in [-0.2, 0) is 4.79 Å². The highest BCUT2D eigenvalue weighted by Gasteiger charge is 2.29. The van der Waals surface area contributed by atoms with Crippen molar-refractivity contribution in [2.24, 2.45) is 5.92 Å². The Balaban J connectivity index is 1.34. The molecule has 3 heterocycles. The summed E-state index contributed by atoms with van der Waals surface area (Å²) < 4.78 is 0. The fraction of sp³-hybridized carbons (Fsp3) is 0.238. The monoisotopic (exact) mass is 426 g/mol. The van der Waals surface area contributed by atoms with Crippen LogP contribution in [0.25, 0.3) is 10.6 Å². The van der Waals surface area contributed by atoms with Gasteiger partial charge in [-0.1, -0.05) is 29.8 Å². The summed E-state index contributed by atoms with van der Waals surface area (Å²) in [5.74, 6) is 0.286. The Morgan fingerprint density at radius 1 is 1.10 bits per heavy atom. The lowest BCUT2D eigenvalue weighted by Gasteiger charge is -2.30. The zero-order chi connectivity index (χ0) is 20.2. The van der Waals surface area contributed by atoms with Gasteiger partial charge in [-0.15, -0.1) is 11.3 Å². The highest BCUT2D eigenvalue weighted by molar-refractivity contribution is 7.13. The van der Waals surface area contributed by atoms with Gasteiger partial charge in [0.15, 0.2) is 0 Å². The minimum Gasteiger partial charge on any atom is -0.337 e. The van der Waals surface area contributed by atoms with E-state index in [1.54, 1.807) is 40.7 Å². The summed E-state index contributed by atoms with van der Waals surface area (Å²) in [6.07, 6.45) is 2.89. The van der Waals surface area contributed by atoms with Crippen LogP contribution >= 0.6 is 22.9 Å². The Hall–Kier alpha value is -2.77. The molecule has 3 aromatic rings.